The number of aliphatic carboxylic acids is 1. The van der Waals surface area contributed by atoms with Crippen LogP contribution >= 0.6 is 0 Å². The van der Waals surface area contributed by atoms with Gasteiger partial charge in [-0.15, -0.1) is 0 Å². The van der Waals surface area contributed by atoms with E-state index in [-0.39, 0.29) is 49.1 Å². The Bertz CT molecular complexity index is 1390. The first-order chi connectivity index (χ1) is 29.1. The van der Waals surface area contributed by atoms with E-state index >= 15 is 0 Å². The summed E-state index contributed by atoms with van der Waals surface area (Å²) in [7, 11) is 5.48. The predicted octanol–water partition coefficient (Wildman–Crippen LogP) is 12.6. The number of likely N-dealkylation sites (N-methyl/N-ethyl adjacent to an activating group) is 1. The number of hydrogen-bond acceptors (Lipinski definition) is 6. The van der Waals surface area contributed by atoms with E-state index < -0.39 is 18.1 Å². The zero-order valence-corrected chi connectivity index (χ0v) is 38.1. The van der Waals surface area contributed by atoms with E-state index in [4.69, 9.17) is 14.2 Å². The lowest BCUT2D eigenvalue weighted by molar-refractivity contribution is -0.887. The van der Waals surface area contributed by atoms with E-state index in [0.717, 1.165) is 44.9 Å². The molecule has 60 heavy (non-hydrogen) atoms. The first-order valence-corrected chi connectivity index (χ1v) is 22.7. The van der Waals surface area contributed by atoms with Crippen molar-refractivity contribution in [3.63, 3.8) is 0 Å². The molecule has 0 aromatic rings. The van der Waals surface area contributed by atoms with Gasteiger partial charge in [0.05, 0.1) is 34.4 Å². The summed E-state index contributed by atoms with van der Waals surface area (Å²) in [5, 5.41) is 9.63. The number of hydrogen-bond donors (Lipinski definition) is 1. The molecular weight excluding hydrogens is 751 g/mol. The van der Waals surface area contributed by atoms with Gasteiger partial charge in [-0.2, -0.15) is 0 Å². The minimum Gasteiger partial charge on any atom is -0.477 e. The summed E-state index contributed by atoms with van der Waals surface area (Å²) in [4.78, 5) is 37.0. The van der Waals surface area contributed by atoms with Gasteiger partial charge in [-0.3, -0.25) is 9.59 Å². The van der Waals surface area contributed by atoms with Crippen molar-refractivity contribution in [1.82, 2.24) is 0 Å². The maximum atomic E-state index is 12.7. The smallest absolute Gasteiger partial charge is 0.362 e. The van der Waals surface area contributed by atoms with Crippen molar-refractivity contribution in [3.05, 3.63) is 122 Å². The number of unbranched alkanes of at least 4 members (excludes halogenated alkanes) is 10. The molecule has 2 atom stereocenters. The molecular formula is C52H82NO7+. The van der Waals surface area contributed by atoms with Crippen LogP contribution in [0.1, 0.15) is 136 Å². The zero-order valence-electron chi connectivity index (χ0n) is 38.1. The van der Waals surface area contributed by atoms with Gasteiger partial charge in [0.15, 0.2) is 12.1 Å². The summed E-state index contributed by atoms with van der Waals surface area (Å²) < 4.78 is 17.2. The number of esters is 2. The lowest BCUT2D eigenvalue weighted by Crippen LogP contribution is -2.50. The molecule has 0 aromatic heterocycles. The van der Waals surface area contributed by atoms with Crippen molar-refractivity contribution < 1.29 is 38.2 Å². The highest BCUT2D eigenvalue weighted by atomic mass is 16.6. The van der Waals surface area contributed by atoms with E-state index in [2.05, 4.69) is 62.5 Å². The van der Waals surface area contributed by atoms with Crippen LogP contribution in [0.5, 0.6) is 0 Å². The van der Waals surface area contributed by atoms with Gasteiger partial charge in [0.2, 0.25) is 0 Å². The van der Waals surface area contributed by atoms with Crippen molar-refractivity contribution in [2.24, 2.45) is 0 Å². The number of carbonyl (C=O) groups excluding carboxylic acids is 2. The molecule has 0 saturated carbocycles. The molecule has 0 fully saturated rings. The molecule has 8 nitrogen and oxygen atoms in total. The second-order valence-corrected chi connectivity index (χ2v) is 15.8. The molecule has 0 radical (unpaired) electrons. The third kappa shape index (κ3) is 39.2. The van der Waals surface area contributed by atoms with E-state index in [1.165, 1.54) is 44.9 Å². The molecule has 8 heteroatoms. The molecule has 0 heterocycles. The molecule has 336 valence electrons. The summed E-state index contributed by atoms with van der Waals surface area (Å²) in [5.74, 6) is -1.61. The highest BCUT2D eigenvalue weighted by molar-refractivity contribution is 5.72. The number of carbonyl (C=O) groups is 3. The third-order valence-corrected chi connectivity index (χ3v) is 9.29. The molecule has 0 saturated heterocycles. The number of rotatable bonds is 38. The summed E-state index contributed by atoms with van der Waals surface area (Å²) in [6, 6.07) is -0.639. The average molecular weight is 833 g/mol. The fourth-order valence-corrected chi connectivity index (χ4v) is 5.79. The molecule has 0 spiro atoms. The van der Waals surface area contributed by atoms with Crippen LogP contribution in [-0.4, -0.2) is 80.6 Å². The highest BCUT2D eigenvalue weighted by Crippen LogP contribution is 2.11. The van der Waals surface area contributed by atoms with Crippen LogP contribution in [0.15, 0.2) is 122 Å². The Morgan fingerprint density at radius 1 is 0.533 bits per heavy atom. The monoisotopic (exact) mass is 833 g/mol. The first-order valence-electron chi connectivity index (χ1n) is 22.7. The van der Waals surface area contributed by atoms with Gasteiger partial charge in [-0.25, -0.2) is 4.79 Å². The van der Waals surface area contributed by atoms with Crippen molar-refractivity contribution in [3.8, 4) is 0 Å². The van der Waals surface area contributed by atoms with Gasteiger partial charge >= 0.3 is 17.9 Å². The van der Waals surface area contributed by atoms with E-state index in [0.29, 0.717) is 19.3 Å². The normalized spacial score (nSPS) is 14.1. The molecule has 0 amide bonds. The highest BCUT2D eigenvalue weighted by Gasteiger charge is 2.31. The number of carboxylic acid groups (broad SMARTS) is 1. The van der Waals surface area contributed by atoms with Crippen LogP contribution in [0.3, 0.4) is 0 Å². The van der Waals surface area contributed by atoms with Gasteiger partial charge in [-0.1, -0.05) is 174 Å². The Labute approximate surface area is 365 Å². The SMILES string of the molecule is CC/C=C/C=C/C=C/C=C/C=C/C=C/C=C/CCCCCC(=O)OC(COCCC(C(=O)O)[N+](C)(C)C)COC(=O)CCC/C=C/C/C=C/C/C=C/CCCCCCCC. The topological polar surface area (TPSA) is 99.1 Å². The van der Waals surface area contributed by atoms with Crippen LogP contribution in [0, 0.1) is 0 Å². The van der Waals surface area contributed by atoms with Crippen LogP contribution in [0.25, 0.3) is 0 Å². The molecule has 2 unspecified atom stereocenters. The van der Waals surface area contributed by atoms with E-state index in [1.54, 1.807) is 0 Å². The maximum Gasteiger partial charge on any atom is 0.362 e. The summed E-state index contributed by atoms with van der Waals surface area (Å²) in [6.45, 7) is 4.45. The Morgan fingerprint density at radius 2 is 1.02 bits per heavy atom. The lowest BCUT2D eigenvalue weighted by atomic mass is 10.1. The fourth-order valence-electron chi connectivity index (χ4n) is 5.79. The van der Waals surface area contributed by atoms with Crippen LogP contribution in [0.4, 0.5) is 0 Å². The third-order valence-electron chi connectivity index (χ3n) is 9.29. The average Bonchev–Trinajstić information content (AvgIpc) is 3.21. The summed E-state index contributed by atoms with van der Waals surface area (Å²) >= 11 is 0. The van der Waals surface area contributed by atoms with E-state index in [1.807, 2.05) is 94.1 Å². The number of allylic oxidation sites excluding steroid dienone is 20. The Morgan fingerprint density at radius 3 is 1.58 bits per heavy atom. The van der Waals surface area contributed by atoms with Gasteiger partial charge in [0, 0.05) is 19.3 Å². The summed E-state index contributed by atoms with van der Waals surface area (Å²) in [6.07, 6.45) is 58.2. The Hall–Kier alpha value is -4.27. The minimum atomic E-state index is -0.896. The Balaban J connectivity index is 4.56. The van der Waals surface area contributed by atoms with Crippen LogP contribution in [-0.2, 0) is 28.6 Å². The molecule has 0 rings (SSSR count). The number of quaternary nitrogens is 1. The van der Waals surface area contributed by atoms with Crippen molar-refractivity contribution in [2.75, 3.05) is 41.0 Å². The minimum absolute atomic E-state index is 0.0172. The van der Waals surface area contributed by atoms with Gasteiger partial charge in [0.1, 0.15) is 6.61 Å². The quantitative estimate of drug-likeness (QED) is 0.0217. The molecule has 0 aliphatic heterocycles. The van der Waals surface area contributed by atoms with Gasteiger partial charge in [-0.05, 0) is 64.2 Å². The van der Waals surface area contributed by atoms with Gasteiger partial charge in [0.25, 0.3) is 0 Å². The van der Waals surface area contributed by atoms with Gasteiger partial charge < -0.3 is 23.8 Å². The number of nitrogens with zero attached hydrogens (tertiary/aromatic N) is 1. The van der Waals surface area contributed by atoms with Crippen molar-refractivity contribution in [2.45, 2.75) is 148 Å². The second-order valence-electron chi connectivity index (χ2n) is 15.8. The summed E-state index contributed by atoms with van der Waals surface area (Å²) in [5.41, 5.74) is 0. The number of ether oxygens (including phenoxy) is 3. The zero-order chi connectivity index (χ0) is 44.2. The maximum absolute atomic E-state index is 12.7. The first kappa shape index (κ1) is 55.7. The largest absolute Gasteiger partial charge is 0.477 e. The van der Waals surface area contributed by atoms with Crippen molar-refractivity contribution in [1.29, 1.82) is 0 Å². The fraction of sp³-hybridized carbons (Fsp3) is 0.558. The molecule has 0 aromatic carbocycles. The molecule has 1 N–H and O–H groups in total. The predicted molar refractivity (Wildman–Crippen MR) is 252 cm³/mol. The standard InChI is InChI=1S/C52H81NO7/c1-6-8-10-12-14-16-18-20-22-24-25-27-29-31-33-35-37-39-41-43-51(55)60-48(46-58-45-44-49(52(56)57)53(3,4)5)47-59-50(54)42-40-38-36-34-32-30-28-26-23-21-19-17-15-13-11-9-7-2/h8,10,12,14,16,18,20-25,27-31,33-34,36,48-49H,6-7,9,11,13,15,17,19,26,32,35,37-47H2,1-5H3/p+1/b10-8+,14-12+,18-16+,22-20+,23-21+,25-24+,29-27+,30-28+,33-31+,36-34+. The number of carboxylic acids is 1. The Kier molecular flexibility index (Phi) is 38.5. The molecule has 0 aliphatic rings. The second kappa shape index (κ2) is 41.5. The lowest BCUT2D eigenvalue weighted by Gasteiger charge is -2.31. The molecule has 0 bridgehead atoms. The van der Waals surface area contributed by atoms with Crippen LogP contribution in [0.2, 0.25) is 0 Å². The van der Waals surface area contributed by atoms with Crippen LogP contribution < -0.4 is 0 Å². The van der Waals surface area contributed by atoms with Crippen molar-refractivity contribution >= 4 is 17.9 Å². The molecule has 0 aliphatic carbocycles. The van der Waals surface area contributed by atoms with E-state index in [9.17, 15) is 19.5 Å².